The highest BCUT2D eigenvalue weighted by Gasteiger charge is 2.50. The Morgan fingerprint density at radius 1 is 1.16 bits per heavy atom. The van der Waals surface area contributed by atoms with Gasteiger partial charge >= 0.3 is 0 Å². The second-order valence-electron chi connectivity index (χ2n) is 12.7. The van der Waals surface area contributed by atoms with Gasteiger partial charge in [0.25, 0.3) is 0 Å². The SMILES string of the molecule is C=C1C(=CC=C2CCC[C@]3(C)[C@@H]([C@H](C)CCCC(C)(C)O)CC[C@@H]23)C[C@@H](O)C(C)(C)[C@@H]1O. The van der Waals surface area contributed by atoms with Crippen LogP contribution < -0.4 is 0 Å². The lowest BCUT2D eigenvalue weighted by Crippen LogP contribution is -2.45. The Kier molecular flexibility index (Phi) is 7.55. The molecule has 32 heavy (non-hydrogen) atoms. The summed E-state index contributed by atoms with van der Waals surface area (Å²) >= 11 is 0. The predicted octanol–water partition coefficient (Wildman–Crippen LogP) is 6.34. The van der Waals surface area contributed by atoms with Crippen LogP contribution in [-0.4, -0.2) is 33.1 Å². The Morgan fingerprint density at radius 3 is 2.50 bits per heavy atom. The zero-order valence-corrected chi connectivity index (χ0v) is 21.5. The molecule has 3 N–H and O–H groups in total. The summed E-state index contributed by atoms with van der Waals surface area (Å²) < 4.78 is 0. The summed E-state index contributed by atoms with van der Waals surface area (Å²) in [6, 6.07) is 0. The first kappa shape index (κ1) is 25.7. The minimum atomic E-state index is -0.701. The molecule has 3 fully saturated rings. The molecule has 0 aliphatic heterocycles. The number of hydrogen-bond acceptors (Lipinski definition) is 3. The van der Waals surface area contributed by atoms with E-state index in [4.69, 9.17) is 0 Å². The highest BCUT2D eigenvalue weighted by Crippen LogP contribution is 2.60. The molecule has 3 aliphatic carbocycles. The Hall–Kier alpha value is -0.900. The van der Waals surface area contributed by atoms with Gasteiger partial charge in [-0.2, -0.15) is 0 Å². The summed E-state index contributed by atoms with van der Waals surface area (Å²) in [6.07, 6.45) is 13.2. The van der Waals surface area contributed by atoms with Gasteiger partial charge < -0.3 is 15.3 Å². The lowest BCUT2D eigenvalue weighted by molar-refractivity contribution is -0.0404. The number of aliphatic hydroxyl groups excluding tert-OH is 2. The quantitative estimate of drug-likeness (QED) is 0.448. The lowest BCUT2D eigenvalue weighted by atomic mass is 9.60. The number of allylic oxidation sites excluding steroid dienone is 3. The van der Waals surface area contributed by atoms with Crippen LogP contribution in [0.15, 0.2) is 35.5 Å². The highest BCUT2D eigenvalue weighted by molar-refractivity contribution is 5.40. The second-order valence-corrected chi connectivity index (χ2v) is 12.7. The molecular formula is C29H48O3. The number of hydrogen-bond donors (Lipinski definition) is 3. The zero-order chi connectivity index (χ0) is 23.9. The molecule has 3 rings (SSSR count). The summed E-state index contributed by atoms with van der Waals surface area (Å²) in [5.74, 6) is 2.08. The highest BCUT2D eigenvalue weighted by atomic mass is 16.3. The van der Waals surface area contributed by atoms with E-state index >= 15 is 0 Å². The van der Waals surface area contributed by atoms with Crippen LogP contribution in [0.2, 0.25) is 0 Å². The van der Waals surface area contributed by atoms with E-state index in [-0.39, 0.29) is 0 Å². The van der Waals surface area contributed by atoms with Gasteiger partial charge in [-0.1, -0.05) is 64.8 Å². The first-order valence-electron chi connectivity index (χ1n) is 12.9. The van der Waals surface area contributed by atoms with Crippen molar-refractivity contribution in [1.29, 1.82) is 0 Å². The Balaban J connectivity index is 1.72. The molecule has 0 amide bonds. The van der Waals surface area contributed by atoms with Crippen LogP contribution in [0.25, 0.3) is 0 Å². The third-order valence-electron chi connectivity index (χ3n) is 9.39. The molecule has 0 unspecified atom stereocenters. The average molecular weight is 445 g/mol. The molecule has 3 saturated carbocycles. The minimum absolute atomic E-state index is 0.362. The van der Waals surface area contributed by atoms with Crippen molar-refractivity contribution in [3.63, 3.8) is 0 Å². The van der Waals surface area contributed by atoms with Gasteiger partial charge in [-0.3, -0.25) is 0 Å². The standard InChI is InChI=1S/C29H48O3/c1-19(10-8-16-27(3,4)32)23-14-15-24-21(11-9-17-29(23,24)7)12-13-22-18-25(30)28(5,6)26(31)20(22)2/h12-13,19,23-26,30-32H,2,8-11,14-18H2,1,3-7H3/t19-,23-,24+,25-,26-,29-/m1/s1. The van der Waals surface area contributed by atoms with Crippen molar-refractivity contribution in [3.8, 4) is 0 Å². The second kappa shape index (κ2) is 9.39. The van der Waals surface area contributed by atoms with Gasteiger partial charge in [0.05, 0.1) is 17.8 Å². The molecule has 3 aliphatic rings. The van der Waals surface area contributed by atoms with Crippen LogP contribution in [0.4, 0.5) is 0 Å². The van der Waals surface area contributed by atoms with Crippen molar-refractivity contribution in [2.75, 3.05) is 0 Å². The molecule has 0 heterocycles. The van der Waals surface area contributed by atoms with E-state index in [1.807, 2.05) is 27.7 Å². The largest absolute Gasteiger partial charge is 0.392 e. The van der Waals surface area contributed by atoms with Crippen LogP contribution in [0.3, 0.4) is 0 Å². The molecule has 6 atom stereocenters. The van der Waals surface area contributed by atoms with Gasteiger partial charge in [0.15, 0.2) is 0 Å². The van der Waals surface area contributed by atoms with Crippen LogP contribution in [0.1, 0.15) is 99.3 Å². The number of rotatable bonds is 6. The molecule has 0 aromatic rings. The Bertz CT molecular complexity index is 753. The van der Waals surface area contributed by atoms with Crippen LogP contribution >= 0.6 is 0 Å². The van der Waals surface area contributed by atoms with Crippen molar-refractivity contribution in [2.45, 2.75) is 117 Å². The van der Waals surface area contributed by atoms with E-state index in [1.165, 1.54) is 32.1 Å². The number of aliphatic hydroxyl groups is 3. The zero-order valence-electron chi connectivity index (χ0n) is 21.5. The lowest BCUT2D eigenvalue weighted by Gasteiger charge is -2.44. The Morgan fingerprint density at radius 2 is 1.84 bits per heavy atom. The third-order valence-corrected chi connectivity index (χ3v) is 9.39. The first-order valence-corrected chi connectivity index (χ1v) is 12.9. The fraction of sp³-hybridized carbons (Fsp3) is 0.793. The van der Waals surface area contributed by atoms with Gasteiger partial charge in [-0.05, 0) is 93.1 Å². The van der Waals surface area contributed by atoms with E-state index < -0.39 is 23.2 Å². The Labute approximate surface area is 196 Å². The molecule has 0 aromatic carbocycles. The van der Waals surface area contributed by atoms with Gasteiger partial charge in [-0.25, -0.2) is 0 Å². The topological polar surface area (TPSA) is 60.7 Å². The first-order chi connectivity index (χ1) is 14.8. The molecule has 182 valence electrons. The van der Waals surface area contributed by atoms with Crippen molar-refractivity contribution in [2.24, 2.45) is 28.6 Å². The van der Waals surface area contributed by atoms with Gasteiger partial charge in [0.2, 0.25) is 0 Å². The number of fused-ring (bicyclic) bond motifs is 1. The minimum Gasteiger partial charge on any atom is -0.392 e. The van der Waals surface area contributed by atoms with Gasteiger partial charge in [0.1, 0.15) is 0 Å². The maximum absolute atomic E-state index is 10.7. The molecule has 0 aromatic heterocycles. The van der Waals surface area contributed by atoms with Crippen molar-refractivity contribution >= 4 is 0 Å². The van der Waals surface area contributed by atoms with Gasteiger partial charge in [-0.15, -0.1) is 0 Å². The van der Waals surface area contributed by atoms with E-state index in [0.717, 1.165) is 36.3 Å². The van der Waals surface area contributed by atoms with Crippen molar-refractivity contribution in [3.05, 3.63) is 35.5 Å². The summed E-state index contributed by atoms with van der Waals surface area (Å²) in [5, 5.41) is 31.3. The molecule has 0 spiro atoms. The van der Waals surface area contributed by atoms with Crippen LogP contribution in [-0.2, 0) is 0 Å². The van der Waals surface area contributed by atoms with Crippen molar-refractivity contribution < 1.29 is 15.3 Å². The smallest absolute Gasteiger partial charge is 0.0862 e. The molecule has 0 bridgehead atoms. The van der Waals surface area contributed by atoms with E-state index in [9.17, 15) is 15.3 Å². The monoisotopic (exact) mass is 444 g/mol. The summed E-state index contributed by atoms with van der Waals surface area (Å²) in [5.41, 5.74) is 2.57. The summed E-state index contributed by atoms with van der Waals surface area (Å²) in [6.45, 7) is 16.8. The van der Waals surface area contributed by atoms with E-state index in [0.29, 0.717) is 23.7 Å². The van der Waals surface area contributed by atoms with Crippen LogP contribution in [0.5, 0.6) is 0 Å². The summed E-state index contributed by atoms with van der Waals surface area (Å²) in [7, 11) is 0. The predicted molar refractivity (Wildman–Crippen MR) is 133 cm³/mol. The fourth-order valence-electron chi connectivity index (χ4n) is 7.06. The fourth-order valence-corrected chi connectivity index (χ4v) is 7.06. The molecule has 0 radical (unpaired) electrons. The van der Waals surface area contributed by atoms with E-state index in [2.05, 4.69) is 32.6 Å². The average Bonchev–Trinajstić information content (AvgIpc) is 3.05. The third kappa shape index (κ3) is 5.10. The van der Waals surface area contributed by atoms with Crippen molar-refractivity contribution in [1.82, 2.24) is 0 Å². The van der Waals surface area contributed by atoms with Crippen LogP contribution in [0, 0.1) is 28.6 Å². The molecule has 3 heteroatoms. The maximum Gasteiger partial charge on any atom is 0.0862 e. The summed E-state index contributed by atoms with van der Waals surface area (Å²) in [4.78, 5) is 0. The molecule has 0 saturated heterocycles. The van der Waals surface area contributed by atoms with E-state index in [1.54, 1.807) is 5.57 Å². The molecular weight excluding hydrogens is 396 g/mol. The normalized spacial score (nSPS) is 38.8. The molecule has 3 nitrogen and oxygen atoms in total. The maximum atomic E-state index is 10.7. The van der Waals surface area contributed by atoms with Gasteiger partial charge in [0, 0.05) is 5.41 Å².